The highest BCUT2D eigenvalue weighted by Gasteiger charge is 2.35. The van der Waals surface area contributed by atoms with Crippen LogP contribution in [0.5, 0.6) is 0 Å². The Morgan fingerprint density at radius 3 is 2.70 bits per heavy atom. The molecule has 0 aliphatic carbocycles. The average molecular weight is 455 g/mol. The molecule has 1 aliphatic rings. The number of halogens is 2. The number of furan rings is 1. The topological polar surface area (TPSA) is 74.3 Å². The highest BCUT2D eigenvalue weighted by molar-refractivity contribution is 8.18. The number of thioether (sulfide) groups is 1. The molecule has 148 valence electrons. The van der Waals surface area contributed by atoms with E-state index in [9.17, 15) is 14.9 Å². The summed E-state index contributed by atoms with van der Waals surface area (Å²) in [5.41, 5.74) is 1.67. The maximum absolute atomic E-state index is 12.8. The Labute approximate surface area is 186 Å². The molecule has 0 unspecified atom stereocenters. The van der Waals surface area contributed by atoms with Gasteiger partial charge in [0.25, 0.3) is 11.1 Å². The van der Waals surface area contributed by atoms with Gasteiger partial charge in [0.05, 0.1) is 28.1 Å². The monoisotopic (exact) mass is 454 g/mol. The van der Waals surface area contributed by atoms with Gasteiger partial charge in [0.2, 0.25) is 0 Å². The molecule has 1 aliphatic heterocycles. The van der Waals surface area contributed by atoms with E-state index in [-0.39, 0.29) is 11.4 Å². The van der Waals surface area contributed by atoms with Gasteiger partial charge in [-0.05, 0) is 53.7 Å². The van der Waals surface area contributed by atoms with Crippen LogP contribution in [0, 0.1) is 11.3 Å². The van der Waals surface area contributed by atoms with Crippen molar-refractivity contribution >= 4 is 52.2 Å². The van der Waals surface area contributed by atoms with E-state index >= 15 is 0 Å². The second-order valence-corrected chi connectivity index (χ2v) is 8.20. The van der Waals surface area contributed by atoms with E-state index in [2.05, 4.69) is 6.07 Å². The van der Waals surface area contributed by atoms with E-state index in [0.717, 1.165) is 16.7 Å². The molecule has 2 amide bonds. The Balaban J connectivity index is 1.58. The number of carbonyl (C=O) groups is 2. The van der Waals surface area contributed by atoms with Crippen LogP contribution in [0.1, 0.15) is 16.9 Å². The fraction of sp³-hybridized carbons (Fsp3) is 0.0455. The molecule has 4 rings (SSSR count). The highest BCUT2D eigenvalue weighted by Crippen LogP contribution is 2.36. The number of imide groups is 1. The molecule has 1 aromatic heterocycles. The van der Waals surface area contributed by atoms with Gasteiger partial charge in [0, 0.05) is 16.7 Å². The van der Waals surface area contributed by atoms with Crippen molar-refractivity contribution in [3.63, 3.8) is 0 Å². The molecular weight excluding hydrogens is 443 g/mol. The number of nitriles is 1. The van der Waals surface area contributed by atoms with Crippen molar-refractivity contribution in [2.45, 2.75) is 6.54 Å². The van der Waals surface area contributed by atoms with Crippen LogP contribution in [0.25, 0.3) is 17.4 Å². The van der Waals surface area contributed by atoms with Crippen molar-refractivity contribution < 1.29 is 14.0 Å². The lowest BCUT2D eigenvalue weighted by Crippen LogP contribution is -2.27. The molecule has 5 nitrogen and oxygen atoms in total. The van der Waals surface area contributed by atoms with Crippen molar-refractivity contribution in [3.05, 3.63) is 86.4 Å². The quantitative estimate of drug-likeness (QED) is 0.428. The Kier molecular flexibility index (Phi) is 5.69. The van der Waals surface area contributed by atoms with Crippen molar-refractivity contribution in [2.75, 3.05) is 0 Å². The molecule has 0 spiro atoms. The van der Waals surface area contributed by atoms with Gasteiger partial charge in [-0.3, -0.25) is 14.5 Å². The summed E-state index contributed by atoms with van der Waals surface area (Å²) < 4.78 is 5.78. The first-order valence-electron chi connectivity index (χ1n) is 8.75. The molecule has 0 N–H and O–H groups in total. The summed E-state index contributed by atoms with van der Waals surface area (Å²) >= 11 is 13.1. The molecular formula is C22H12Cl2N2O3S. The molecule has 0 radical (unpaired) electrons. The molecule has 0 atom stereocenters. The maximum atomic E-state index is 12.8. The highest BCUT2D eigenvalue weighted by atomic mass is 35.5. The zero-order chi connectivity index (χ0) is 21.3. The largest absolute Gasteiger partial charge is 0.457 e. The number of carbonyl (C=O) groups excluding carboxylic acids is 2. The number of benzene rings is 2. The van der Waals surface area contributed by atoms with E-state index in [1.54, 1.807) is 54.6 Å². The van der Waals surface area contributed by atoms with Gasteiger partial charge in [0.15, 0.2) is 0 Å². The van der Waals surface area contributed by atoms with Crippen LogP contribution >= 0.6 is 35.0 Å². The van der Waals surface area contributed by atoms with Gasteiger partial charge >= 0.3 is 0 Å². The van der Waals surface area contributed by atoms with Gasteiger partial charge in [0.1, 0.15) is 11.5 Å². The molecule has 0 bridgehead atoms. The summed E-state index contributed by atoms with van der Waals surface area (Å²) in [6, 6.07) is 17.4. The molecule has 1 saturated heterocycles. The first-order chi connectivity index (χ1) is 14.5. The number of hydrogen-bond acceptors (Lipinski definition) is 5. The van der Waals surface area contributed by atoms with Gasteiger partial charge in [-0.15, -0.1) is 0 Å². The van der Waals surface area contributed by atoms with Crippen LogP contribution in [0.2, 0.25) is 10.0 Å². The van der Waals surface area contributed by atoms with Crippen LogP contribution in [0.4, 0.5) is 4.79 Å². The smallest absolute Gasteiger partial charge is 0.293 e. The van der Waals surface area contributed by atoms with Crippen molar-refractivity contribution in [1.82, 2.24) is 4.90 Å². The van der Waals surface area contributed by atoms with E-state index in [1.807, 2.05) is 0 Å². The van der Waals surface area contributed by atoms with Crippen molar-refractivity contribution in [2.24, 2.45) is 0 Å². The maximum Gasteiger partial charge on any atom is 0.293 e. The second kappa shape index (κ2) is 8.41. The van der Waals surface area contributed by atoms with E-state index in [1.165, 1.54) is 6.08 Å². The third-order valence-electron chi connectivity index (χ3n) is 4.43. The molecule has 8 heteroatoms. The molecule has 0 saturated carbocycles. The van der Waals surface area contributed by atoms with Crippen LogP contribution < -0.4 is 0 Å². The van der Waals surface area contributed by atoms with Crippen LogP contribution in [-0.2, 0) is 11.3 Å². The first-order valence-corrected chi connectivity index (χ1v) is 10.3. The SMILES string of the molecule is N#Cc1ccccc1CN1C(=O)S/C(=C/c2ccc(-c3cc(Cl)ccc3Cl)o2)C1=O. The van der Waals surface area contributed by atoms with Crippen LogP contribution in [-0.4, -0.2) is 16.0 Å². The minimum absolute atomic E-state index is 0.0350. The van der Waals surface area contributed by atoms with E-state index in [0.29, 0.717) is 38.3 Å². The normalized spacial score (nSPS) is 15.1. The summed E-state index contributed by atoms with van der Waals surface area (Å²) in [5, 5.41) is 9.82. The summed E-state index contributed by atoms with van der Waals surface area (Å²) in [5.74, 6) is 0.469. The van der Waals surface area contributed by atoms with Crippen LogP contribution in [0.3, 0.4) is 0 Å². The molecule has 2 heterocycles. The molecule has 2 aromatic carbocycles. The number of rotatable bonds is 4. The van der Waals surface area contributed by atoms with Crippen molar-refractivity contribution in [3.8, 4) is 17.4 Å². The minimum atomic E-state index is -0.434. The second-order valence-electron chi connectivity index (χ2n) is 6.36. The number of amides is 2. The lowest BCUT2D eigenvalue weighted by Gasteiger charge is -2.13. The Hall–Kier alpha value is -2.98. The van der Waals surface area contributed by atoms with Crippen molar-refractivity contribution in [1.29, 1.82) is 5.26 Å². The van der Waals surface area contributed by atoms with Crippen LogP contribution in [0.15, 0.2) is 63.9 Å². The van der Waals surface area contributed by atoms with E-state index in [4.69, 9.17) is 27.6 Å². The standard InChI is InChI=1S/C22H12Cl2N2O3S/c23-15-5-7-18(24)17(9-15)19-8-6-16(29-19)10-20-21(27)26(22(28)30-20)12-14-4-2-1-3-13(14)11-25/h1-10H,12H2/b20-10+. The Bertz CT molecular complexity index is 1240. The van der Waals surface area contributed by atoms with Gasteiger partial charge in [-0.1, -0.05) is 41.4 Å². The predicted octanol–water partition coefficient (Wildman–Crippen LogP) is 6.36. The first kappa shape index (κ1) is 20.3. The zero-order valence-electron chi connectivity index (χ0n) is 15.3. The fourth-order valence-corrected chi connectivity index (χ4v) is 4.17. The fourth-order valence-electron chi connectivity index (χ4n) is 2.96. The summed E-state index contributed by atoms with van der Waals surface area (Å²) in [4.78, 5) is 26.5. The average Bonchev–Trinajstić information content (AvgIpc) is 3.30. The third-order valence-corrected chi connectivity index (χ3v) is 5.91. The Morgan fingerprint density at radius 1 is 1.10 bits per heavy atom. The Morgan fingerprint density at radius 2 is 1.90 bits per heavy atom. The lowest BCUT2D eigenvalue weighted by atomic mass is 10.1. The predicted molar refractivity (Wildman–Crippen MR) is 117 cm³/mol. The van der Waals surface area contributed by atoms with Gasteiger partial charge < -0.3 is 4.42 Å². The molecule has 30 heavy (non-hydrogen) atoms. The summed E-state index contributed by atoms with van der Waals surface area (Å²) in [6.45, 7) is 0.0350. The summed E-state index contributed by atoms with van der Waals surface area (Å²) in [7, 11) is 0. The number of hydrogen-bond donors (Lipinski definition) is 0. The summed E-state index contributed by atoms with van der Waals surface area (Å²) in [6.07, 6.45) is 1.52. The lowest BCUT2D eigenvalue weighted by molar-refractivity contribution is -0.123. The van der Waals surface area contributed by atoms with E-state index < -0.39 is 11.1 Å². The molecule has 1 fully saturated rings. The van der Waals surface area contributed by atoms with Gasteiger partial charge in [-0.25, -0.2) is 0 Å². The third kappa shape index (κ3) is 4.01. The van der Waals surface area contributed by atoms with Gasteiger partial charge in [-0.2, -0.15) is 5.26 Å². The zero-order valence-corrected chi connectivity index (χ0v) is 17.6. The number of nitrogens with zero attached hydrogens (tertiary/aromatic N) is 2. The molecule has 3 aromatic rings. The minimum Gasteiger partial charge on any atom is -0.457 e.